The van der Waals surface area contributed by atoms with E-state index in [0.29, 0.717) is 0 Å². The molecule has 1 rings (SSSR count). The summed E-state index contributed by atoms with van der Waals surface area (Å²) < 4.78 is 0. The van der Waals surface area contributed by atoms with Crippen LogP contribution in [-0.4, -0.2) is 14.1 Å². The van der Waals surface area contributed by atoms with E-state index in [1.54, 1.807) is 0 Å². The van der Waals surface area contributed by atoms with Crippen LogP contribution in [0, 0.1) is 0 Å². The van der Waals surface area contributed by atoms with Gasteiger partial charge in [-0.25, -0.2) is 0 Å². The zero-order chi connectivity index (χ0) is 9.84. The molecule has 0 radical (unpaired) electrons. The van der Waals surface area contributed by atoms with Gasteiger partial charge in [0.25, 0.3) is 0 Å². The Morgan fingerprint density at radius 3 is 2.15 bits per heavy atom. The Morgan fingerprint density at radius 1 is 1.23 bits per heavy atom. The SMILES string of the molecule is CCC(N)c1ccc(N(C)C)cc1. The van der Waals surface area contributed by atoms with Gasteiger partial charge in [0.05, 0.1) is 0 Å². The Kier molecular flexibility index (Phi) is 3.32. The molecule has 0 aliphatic carbocycles. The summed E-state index contributed by atoms with van der Waals surface area (Å²) in [4.78, 5) is 2.08. The number of rotatable bonds is 3. The molecule has 0 amide bonds. The summed E-state index contributed by atoms with van der Waals surface area (Å²) in [5.74, 6) is 0. The van der Waals surface area contributed by atoms with E-state index >= 15 is 0 Å². The average molecular weight is 178 g/mol. The third kappa shape index (κ3) is 2.46. The van der Waals surface area contributed by atoms with E-state index in [4.69, 9.17) is 5.73 Å². The molecule has 1 aromatic rings. The van der Waals surface area contributed by atoms with Crippen LogP contribution < -0.4 is 10.6 Å². The molecule has 13 heavy (non-hydrogen) atoms. The molecule has 2 nitrogen and oxygen atoms in total. The number of nitrogens with zero attached hydrogens (tertiary/aromatic N) is 1. The summed E-state index contributed by atoms with van der Waals surface area (Å²) in [7, 11) is 4.07. The van der Waals surface area contributed by atoms with E-state index in [9.17, 15) is 0 Å². The minimum atomic E-state index is 0.177. The molecule has 0 bridgehead atoms. The molecule has 0 fully saturated rings. The minimum Gasteiger partial charge on any atom is -0.378 e. The normalized spacial score (nSPS) is 12.6. The molecule has 0 aromatic heterocycles. The van der Waals surface area contributed by atoms with E-state index in [1.165, 1.54) is 11.3 Å². The lowest BCUT2D eigenvalue weighted by molar-refractivity contribution is 0.699. The number of hydrogen-bond acceptors (Lipinski definition) is 2. The van der Waals surface area contributed by atoms with Gasteiger partial charge in [0, 0.05) is 25.8 Å². The van der Waals surface area contributed by atoms with Crippen molar-refractivity contribution in [1.82, 2.24) is 0 Å². The van der Waals surface area contributed by atoms with Gasteiger partial charge in [-0.3, -0.25) is 0 Å². The van der Waals surface area contributed by atoms with E-state index in [0.717, 1.165) is 6.42 Å². The van der Waals surface area contributed by atoms with Crippen LogP contribution in [0.2, 0.25) is 0 Å². The van der Waals surface area contributed by atoms with Gasteiger partial charge in [-0.15, -0.1) is 0 Å². The van der Waals surface area contributed by atoms with E-state index in [1.807, 2.05) is 14.1 Å². The summed E-state index contributed by atoms with van der Waals surface area (Å²) >= 11 is 0. The molecule has 0 saturated heterocycles. The molecule has 0 heterocycles. The van der Waals surface area contributed by atoms with Crippen molar-refractivity contribution in [1.29, 1.82) is 0 Å². The van der Waals surface area contributed by atoms with Crippen molar-refractivity contribution in [3.8, 4) is 0 Å². The number of anilines is 1. The monoisotopic (exact) mass is 178 g/mol. The highest BCUT2D eigenvalue weighted by Crippen LogP contribution is 2.17. The highest BCUT2D eigenvalue weighted by molar-refractivity contribution is 5.46. The first-order valence-electron chi connectivity index (χ1n) is 4.68. The lowest BCUT2D eigenvalue weighted by Gasteiger charge is -2.14. The maximum atomic E-state index is 5.91. The molecule has 0 aliphatic heterocycles. The van der Waals surface area contributed by atoms with Crippen LogP contribution in [0.5, 0.6) is 0 Å². The summed E-state index contributed by atoms with van der Waals surface area (Å²) in [5.41, 5.74) is 8.34. The fourth-order valence-electron chi connectivity index (χ4n) is 1.26. The molecule has 2 N–H and O–H groups in total. The third-order valence-electron chi connectivity index (χ3n) is 2.28. The van der Waals surface area contributed by atoms with Gasteiger partial charge in [0.2, 0.25) is 0 Å². The zero-order valence-electron chi connectivity index (χ0n) is 8.62. The molecule has 2 heteroatoms. The fourth-order valence-corrected chi connectivity index (χ4v) is 1.26. The van der Waals surface area contributed by atoms with Crippen molar-refractivity contribution < 1.29 is 0 Å². The maximum absolute atomic E-state index is 5.91. The first-order chi connectivity index (χ1) is 6.15. The van der Waals surface area contributed by atoms with Crippen LogP contribution in [0.1, 0.15) is 24.9 Å². The Labute approximate surface area is 80.4 Å². The van der Waals surface area contributed by atoms with E-state index in [2.05, 4.69) is 36.1 Å². The summed E-state index contributed by atoms with van der Waals surface area (Å²) in [6.07, 6.45) is 0.987. The van der Waals surface area contributed by atoms with Crippen LogP contribution in [0.15, 0.2) is 24.3 Å². The van der Waals surface area contributed by atoms with Gasteiger partial charge in [-0.2, -0.15) is 0 Å². The fraction of sp³-hybridized carbons (Fsp3) is 0.455. The smallest absolute Gasteiger partial charge is 0.0361 e. The number of hydrogen-bond donors (Lipinski definition) is 1. The van der Waals surface area contributed by atoms with E-state index < -0.39 is 0 Å². The van der Waals surface area contributed by atoms with Gasteiger partial charge < -0.3 is 10.6 Å². The van der Waals surface area contributed by atoms with Gasteiger partial charge in [0.1, 0.15) is 0 Å². The molecular formula is C11H18N2. The average Bonchev–Trinajstić information content (AvgIpc) is 2.17. The quantitative estimate of drug-likeness (QED) is 0.768. The number of nitrogens with two attached hydrogens (primary N) is 1. The van der Waals surface area contributed by atoms with E-state index in [-0.39, 0.29) is 6.04 Å². The van der Waals surface area contributed by atoms with Crippen molar-refractivity contribution in [3.63, 3.8) is 0 Å². The summed E-state index contributed by atoms with van der Waals surface area (Å²) in [5, 5.41) is 0. The standard InChI is InChI=1S/C11H18N2/c1-4-11(12)9-5-7-10(8-6-9)13(2)3/h5-8,11H,4,12H2,1-3H3. The first kappa shape index (κ1) is 10.1. The molecular weight excluding hydrogens is 160 g/mol. The number of benzene rings is 1. The molecule has 1 unspecified atom stereocenters. The maximum Gasteiger partial charge on any atom is 0.0361 e. The lowest BCUT2D eigenvalue weighted by Crippen LogP contribution is -2.11. The van der Waals surface area contributed by atoms with Gasteiger partial charge in [-0.1, -0.05) is 19.1 Å². The van der Waals surface area contributed by atoms with Gasteiger partial charge in [-0.05, 0) is 24.1 Å². The highest BCUT2D eigenvalue weighted by Gasteiger charge is 2.02. The lowest BCUT2D eigenvalue weighted by atomic mass is 10.1. The third-order valence-corrected chi connectivity index (χ3v) is 2.28. The highest BCUT2D eigenvalue weighted by atomic mass is 15.1. The van der Waals surface area contributed by atoms with Crippen molar-refractivity contribution >= 4 is 5.69 Å². The Bertz CT molecular complexity index is 251. The van der Waals surface area contributed by atoms with Crippen molar-refractivity contribution in [2.45, 2.75) is 19.4 Å². The van der Waals surface area contributed by atoms with Gasteiger partial charge in [0.15, 0.2) is 0 Å². The second-order valence-corrected chi connectivity index (χ2v) is 3.50. The minimum absolute atomic E-state index is 0.177. The Morgan fingerprint density at radius 2 is 1.77 bits per heavy atom. The predicted molar refractivity (Wildman–Crippen MR) is 58.0 cm³/mol. The van der Waals surface area contributed by atoms with Crippen LogP contribution in [-0.2, 0) is 0 Å². The predicted octanol–water partition coefficient (Wildman–Crippen LogP) is 2.16. The second-order valence-electron chi connectivity index (χ2n) is 3.50. The van der Waals surface area contributed by atoms with Crippen molar-refractivity contribution in [2.75, 3.05) is 19.0 Å². The molecule has 1 aromatic carbocycles. The van der Waals surface area contributed by atoms with Crippen LogP contribution >= 0.6 is 0 Å². The molecule has 0 spiro atoms. The molecule has 0 saturated carbocycles. The van der Waals surface area contributed by atoms with Crippen molar-refractivity contribution in [3.05, 3.63) is 29.8 Å². The molecule has 72 valence electrons. The van der Waals surface area contributed by atoms with Crippen LogP contribution in [0.25, 0.3) is 0 Å². The van der Waals surface area contributed by atoms with Gasteiger partial charge >= 0.3 is 0 Å². The summed E-state index contributed by atoms with van der Waals surface area (Å²) in [6.45, 7) is 2.10. The van der Waals surface area contributed by atoms with Crippen molar-refractivity contribution in [2.24, 2.45) is 5.73 Å². The molecule has 1 atom stereocenters. The van der Waals surface area contributed by atoms with Crippen LogP contribution in [0.4, 0.5) is 5.69 Å². The second kappa shape index (κ2) is 4.28. The largest absolute Gasteiger partial charge is 0.378 e. The summed E-state index contributed by atoms with van der Waals surface area (Å²) in [6, 6.07) is 8.58. The Hall–Kier alpha value is -1.02. The zero-order valence-corrected chi connectivity index (χ0v) is 8.62. The topological polar surface area (TPSA) is 29.3 Å². The first-order valence-corrected chi connectivity index (χ1v) is 4.68. The molecule has 0 aliphatic rings. The van der Waals surface area contributed by atoms with Crippen LogP contribution in [0.3, 0.4) is 0 Å². The Balaban J connectivity index is 2.81.